The van der Waals surface area contributed by atoms with Crippen molar-refractivity contribution in [2.75, 3.05) is 13.1 Å². The standard InChI is InChI=1S/C11H19F3N2O/c1-8(2)16(7-11(12,13)14)10(17)6-9-4-3-5-15-9/h8-9,15H,3-7H2,1-2H3. The number of halogens is 3. The summed E-state index contributed by atoms with van der Waals surface area (Å²) in [5.74, 6) is -0.420. The minimum Gasteiger partial charge on any atom is -0.331 e. The maximum Gasteiger partial charge on any atom is 0.406 e. The smallest absolute Gasteiger partial charge is 0.331 e. The predicted octanol–water partition coefficient (Wildman–Crippen LogP) is 1.93. The van der Waals surface area contributed by atoms with Crippen LogP contribution >= 0.6 is 0 Å². The van der Waals surface area contributed by atoms with Crippen LogP contribution in [0.15, 0.2) is 0 Å². The molecule has 0 aromatic heterocycles. The largest absolute Gasteiger partial charge is 0.406 e. The molecule has 0 aromatic rings. The first kappa shape index (κ1) is 14.3. The zero-order valence-corrected chi connectivity index (χ0v) is 10.2. The number of nitrogens with one attached hydrogen (secondary N) is 1. The highest BCUT2D eigenvalue weighted by Gasteiger charge is 2.34. The molecule has 1 unspecified atom stereocenters. The molecular formula is C11H19F3N2O. The van der Waals surface area contributed by atoms with E-state index in [4.69, 9.17) is 0 Å². The summed E-state index contributed by atoms with van der Waals surface area (Å²) in [5.41, 5.74) is 0. The normalized spacial score (nSPS) is 20.9. The molecule has 100 valence electrons. The minimum absolute atomic E-state index is 0.0389. The van der Waals surface area contributed by atoms with E-state index in [0.29, 0.717) is 0 Å². The Morgan fingerprint density at radius 3 is 2.53 bits per heavy atom. The lowest BCUT2D eigenvalue weighted by atomic mass is 10.1. The van der Waals surface area contributed by atoms with Crippen molar-refractivity contribution in [3.05, 3.63) is 0 Å². The lowest BCUT2D eigenvalue weighted by molar-refractivity contribution is -0.164. The number of carbonyl (C=O) groups excluding carboxylic acids is 1. The summed E-state index contributed by atoms with van der Waals surface area (Å²) in [6, 6.07) is -0.387. The van der Waals surface area contributed by atoms with E-state index < -0.39 is 24.7 Å². The maximum atomic E-state index is 12.3. The van der Waals surface area contributed by atoms with E-state index >= 15 is 0 Å². The van der Waals surface area contributed by atoms with Gasteiger partial charge in [-0.1, -0.05) is 0 Å². The van der Waals surface area contributed by atoms with Crippen LogP contribution in [0.1, 0.15) is 33.1 Å². The molecule has 0 bridgehead atoms. The highest BCUT2D eigenvalue weighted by molar-refractivity contribution is 5.77. The van der Waals surface area contributed by atoms with Crippen molar-refractivity contribution in [1.82, 2.24) is 10.2 Å². The van der Waals surface area contributed by atoms with E-state index in [0.717, 1.165) is 24.3 Å². The lowest BCUT2D eigenvalue weighted by Crippen LogP contribution is -2.45. The van der Waals surface area contributed by atoms with Gasteiger partial charge >= 0.3 is 6.18 Å². The van der Waals surface area contributed by atoms with Crippen molar-refractivity contribution in [3.63, 3.8) is 0 Å². The van der Waals surface area contributed by atoms with Gasteiger partial charge in [0, 0.05) is 18.5 Å². The SMILES string of the molecule is CC(C)N(CC(F)(F)F)C(=O)CC1CCCN1. The Bertz CT molecular complexity index is 260. The first-order valence-electron chi connectivity index (χ1n) is 5.89. The van der Waals surface area contributed by atoms with Crippen molar-refractivity contribution in [1.29, 1.82) is 0 Å². The zero-order chi connectivity index (χ0) is 13.1. The van der Waals surface area contributed by atoms with Crippen LogP contribution in [0.4, 0.5) is 13.2 Å². The molecule has 1 fully saturated rings. The van der Waals surface area contributed by atoms with E-state index in [2.05, 4.69) is 5.32 Å². The minimum atomic E-state index is -4.33. The third-order valence-corrected chi connectivity index (χ3v) is 2.88. The Morgan fingerprint density at radius 1 is 1.47 bits per heavy atom. The summed E-state index contributed by atoms with van der Waals surface area (Å²) in [4.78, 5) is 12.7. The molecule has 1 amide bonds. The van der Waals surface area contributed by atoms with E-state index in [1.807, 2.05) is 0 Å². The quantitative estimate of drug-likeness (QED) is 0.829. The number of alkyl halides is 3. The molecule has 0 saturated carbocycles. The van der Waals surface area contributed by atoms with E-state index in [1.165, 1.54) is 0 Å². The highest BCUT2D eigenvalue weighted by atomic mass is 19.4. The Balaban J connectivity index is 2.54. The molecule has 6 heteroatoms. The van der Waals surface area contributed by atoms with Gasteiger partial charge in [-0.3, -0.25) is 4.79 Å². The number of nitrogens with zero attached hydrogens (tertiary/aromatic N) is 1. The molecule has 0 radical (unpaired) electrons. The highest BCUT2D eigenvalue weighted by Crippen LogP contribution is 2.20. The molecular weight excluding hydrogens is 233 g/mol. The van der Waals surface area contributed by atoms with Crippen LogP contribution in [-0.2, 0) is 4.79 Å². The fourth-order valence-corrected chi connectivity index (χ4v) is 2.01. The Hall–Kier alpha value is -0.780. The van der Waals surface area contributed by atoms with Gasteiger partial charge in [-0.05, 0) is 33.2 Å². The second kappa shape index (κ2) is 5.71. The maximum absolute atomic E-state index is 12.3. The summed E-state index contributed by atoms with van der Waals surface area (Å²) in [6.45, 7) is 2.90. The van der Waals surface area contributed by atoms with Crippen LogP contribution in [-0.4, -0.2) is 42.2 Å². The summed E-state index contributed by atoms with van der Waals surface area (Å²) >= 11 is 0. The van der Waals surface area contributed by atoms with E-state index in [-0.39, 0.29) is 12.5 Å². The Kier molecular flexibility index (Phi) is 4.80. The van der Waals surface area contributed by atoms with Gasteiger partial charge in [0.2, 0.25) is 5.91 Å². The van der Waals surface area contributed by atoms with Crippen LogP contribution in [0.2, 0.25) is 0 Å². The number of carbonyl (C=O) groups is 1. The third-order valence-electron chi connectivity index (χ3n) is 2.88. The molecule has 0 aromatic carbocycles. The zero-order valence-electron chi connectivity index (χ0n) is 10.2. The van der Waals surface area contributed by atoms with Gasteiger partial charge in [-0.25, -0.2) is 0 Å². The van der Waals surface area contributed by atoms with Crippen molar-refractivity contribution >= 4 is 5.91 Å². The van der Waals surface area contributed by atoms with Crippen LogP contribution in [0.5, 0.6) is 0 Å². The molecule has 1 rings (SSSR count). The van der Waals surface area contributed by atoms with Crippen LogP contribution in [0.3, 0.4) is 0 Å². The summed E-state index contributed by atoms with van der Waals surface area (Å²) < 4.78 is 37.0. The first-order valence-corrected chi connectivity index (χ1v) is 5.89. The van der Waals surface area contributed by atoms with Gasteiger partial charge in [-0.15, -0.1) is 0 Å². The molecule has 0 aliphatic carbocycles. The fraction of sp³-hybridized carbons (Fsp3) is 0.909. The van der Waals surface area contributed by atoms with Crippen LogP contribution in [0.25, 0.3) is 0 Å². The van der Waals surface area contributed by atoms with Gasteiger partial charge in [-0.2, -0.15) is 13.2 Å². The van der Waals surface area contributed by atoms with Gasteiger partial charge in [0.05, 0.1) is 0 Å². The van der Waals surface area contributed by atoms with Gasteiger partial charge in [0.1, 0.15) is 6.54 Å². The van der Waals surface area contributed by atoms with Gasteiger partial charge in [0.25, 0.3) is 0 Å². The summed E-state index contributed by atoms with van der Waals surface area (Å²) in [6.07, 6.45) is -2.32. The molecule has 1 heterocycles. The number of hydrogen-bond acceptors (Lipinski definition) is 2. The van der Waals surface area contributed by atoms with E-state index in [1.54, 1.807) is 13.8 Å². The van der Waals surface area contributed by atoms with Crippen molar-refractivity contribution in [2.45, 2.75) is 51.4 Å². The lowest BCUT2D eigenvalue weighted by Gasteiger charge is -2.28. The van der Waals surface area contributed by atoms with Crippen LogP contribution in [0, 0.1) is 0 Å². The van der Waals surface area contributed by atoms with Crippen LogP contribution < -0.4 is 5.32 Å². The molecule has 1 aliphatic heterocycles. The second-order valence-electron chi connectivity index (χ2n) is 4.73. The summed E-state index contributed by atoms with van der Waals surface area (Å²) in [7, 11) is 0. The molecule has 17 heavy (non-hydrogen) atoms. The molecule has 0 spiro atoms. The van der Waals surface area contributed by atoms with E-state index in [9.17, 15) is 18.0 Å². The first-order chi connectivity index (χ1) is 7.79. The fourth-order valence-electron chi connectivity index (χ4n) is 2.01. The molecule has 3 nitrogen and oxygen atoms in total. The van der Waals surface area contributed by atoms with Gasteiger partial charge in [0.15, 0.2) is 0 Å². The monoisotopic (exact) mass is 252 g/mol. The number of hydrogen-bond donors (Lipinski definition) is 1. The topological polar surface area (TPSA) is 32.3 Å². The number of rotatable bonds is 4. The van der Waals surface area contributed by atoms with Crippen molar-refractivity contribution in [2.24, 2.45) is 0 Å². The van der Waals surface area contributed by atoms with Crippen molar-refractivity contribution < 1.29 is 18.0 Å². The Morgan fingerprint density at radius 2 is 2.12 bits per heavy atom. The average Bonchev–Trinajstić information content (AvgIpc) is 2.64. The van der Waals surface area contributed by atoms with Gasteiger partial charge < -0.3 is 10.2 Å². The second-order valence-corrected chi connectivity index (χ2v) is 4.73. The molecule has 1 atom stereocenters. The summed E-state index contributed by atoms with van der Waals surface area (Å²) in [5, 5.41) is 3.12. The predicted molar refractivity (Wildman–Crippen MR) is 58.5 cm³/mol. The number of amides is 1. The molecule has 1 saturated heterocycles. The average molecular weight is 252 g/mol. The molecule has 1 N–H and O–H groups in total. The van der Waals surface area contributed by atoms with Crippen molar-refractivity contribution in [3.8, 4) is 0 Å². The third kappa shape index (κ3) is 4.93. The molecule has 1 aliphatic rings. The Labute approximate surface area is 99.4 Å².